The van der Waals surface area contributed by atoms with Crippen LogP contribution in [0, 0.1) is 0 Å². The summed E-state index contributed by atoms with van der Waals surface area (Å²) in [5, 5.41) is 0. The molecule has 1 fully saturated rings. The lowest BCUT2D eigenvalue weighted by molar-refractivity contribution is 0.0240. The first kappa shape index (κ1) is 17.2. The fourth-order valence-electron chi connectivity index (χ4n) is 2.79. The van der Waals surface area contributed by atoms with Crippen LogP contribution in [0.5, 0.6) is 0 Å². The van der Waals surface area contributed by atoms with E-state index >= 15 is 0 Å². The summed E-state index contributed by atoms with van der Waals surface area (Å²) in [4.78, 5) is 25.2. The Morgan fingerprint density at radius 3 is 2.28 bits per heavy atom. The Morgan fingerprint density at radius 2 is 1.64 bits per heavy atom. The van der Waals surface area contributed by atoms with Crippen molar-refractivity contribution >= 4 is 11.9 Å². The van der Waals surface area contributed by atoms with E-state index in [2.05, 4.69) is 14.9 Å². The van der Waals surface area contributed by atoms with E-state index in [1.807, 2.05) is 51.1 Å². The first-order valence-corrected chi connectivity index (χ1v) is 8.53. The van der Waals surface area contributed by atoms with Crippen molar-refractivity contribution in [3.8, 4) is 11.3 Å². The number of carbonyl (C=O) groups is 1. The number of hydrogen-bond acceptors (Lipinski definition) is 5. The van der Waals surface area contributed by atoms with Crippen LogP contribution in [0.1, 0.15) is 20.8 Å². The molecule has 2 heterocycles. The third kappa shape index (κ3) is 4.26. The lowest BCUT2D eigenvalue weighted by Crippen LogP contribution is -2.50. The van der Waals surface area contributed by atoms with Crippen LogP contribution in [-0.2, 0) is 4.74 Å². The van der Waals surface area contributed by atoms with Gasteiger partial charge in [0.2, 0.25) is 0 Å². The third-order valence-corrected chi connectivity index (χ3v) is 3.96. The van der Waals surface area contributed by atoms with Gasteiger partial charge in [-0.25, -0.2) is 9.78 Å². The van der Waals surface area contributed by atoms with Gasteiger partial charge in [-0.2, -0.15) is 0 Å². The standard InChI is InChI=1S/C19H24N4O2/c1-19(2,3)25-18(24)23-13-11-22(12-14-23)17-16(20-9-10-21-17)15-7-5-4-6-8-15/h4-10H,11-14H2,1-3H3. The molecule has 0 aliphatic carbocycles. The van der Waals surface area contributed by atoms with Crippen molar-refractivity contribution in [3.63, 3.8) is 0 Å². The van der Waals surface area contributed by atoms with Crippen molar-refractivity contribution in [1.82, 2.24) is 14.9 Å². The maximum absolute atomic E-state index is 12.2. The number of nitrogens with zero attached hydrogens (tertiary/aromatic N) is 4. The summed E-state index contributed by atoms with van der Waals surface area (Å²) in [6.45, 7) is 8.28. The van der Waals surface area contributed by atoms with E-state index in [-0.39, 0.29) is 6.09 Å². The van der Waals surface area contributed by atoms with Crippen molar-refractivity contribution < 1.29 is 9.53 Å². The Kier molecular flexibility index (Phi) is 4.88. The molecule has 25 heavy (non-hydrogen) atoms. The number of carbonyl (C=O) groups excluding carboxylic acids is 1. The molecule has 1 aromatic heterocycles. The van der Waals surface area contributed by atoms with Crippen LogP contribution in [0.4, 0.5) is 10.6 Å². The second-order valence-corrected chi connectivity index (χ2v) is 7.05. The average Bonchev–Trinajstić information content (AvgIpc) is 2.61. The summed E-state index contributed by atoms with van der Waals surface area (Å²) in [6, 6.07) is 10.0. The highest BCUT2D eigenvalue weighted by atomic mass is 16.6. The summed E-state index contributed by atoms with van der Waals surface area (Å²) in [6.07, 6.45) is 3.17. The molecule has 0 unspecified atom stereocenters. The van der Waals surface area contributed by atoms with Gasteiger partial charge < -0.3 is 14.5 Å². The van der Waals surface area contributed by atoms with Crippen LogP contribution in [0.25, 0.3) is 11.3 Å². The molecule has 0 atom stereocenters. The van der Waals surface area contributed by atoms with E-state index in [0.29, 0.717) is 26.2 Å². The lowest BCUT2D eigenvalue weighted by atomic mass is 10.1. The number of rotatable bonds is 2. The average molecular weight is 340 g/mol. The van der Waals surface area contributed by atoms with Crippen LogP contribution < -0.4 is 4.90 Å². The number of anilines is 1. The highest BCUT2D eigenvalue weighted by Gasteiger charge is 2.27. The molecule has 1 aromatic carbocycles. The zero-order chi connectivity index (χ0) is 17.9. The van der Waals surface area contributed by atoms with Crippen molar-refractivity contribution in [2.75, 3.05) is 31.1 Å². The van der Waals surface area contributed by atoms with Gasteiger partial charge in [0.25, 0.3) is 0 Å². The van der Waals surface area contributed by atoms with E-state index in [9.17, 15) is 4.79 Å². The van der Waals surface area contributed by atoms with Gasteiger partial charge in [-0.1, -0.05) is 30.3 Å². The third-order valence-electron chi connectivity index (χ3n) is 3.96. The molecule has 1 amide bonds. The predicted octanol–water partition coefficient (Wildman–Crippen LogP) is 3.20. The van der Waals surface area contributed by atoms with Gasteiger partial charge in [0.05, 0.1) is 0 Å². The molecule has 0 N–H and O–H groups in total. The Hall–Kier alpha value is -2.63. The Morgan fingerprint density at radius 1 is 1.00 bits per heavy atom. The first-order valence-electron chi connectivity index (χ1n) is 8.53. The fraction of sp³-hybridized carbons (Fsp3) is 0.421. The minimum atomic E-state index is -0.473. The van der Waals surface area contributed by atoms with Gasteiger partial charge in [-0.3, -0.25) is 4.98 Å². The molecule has 1 aliphatic rings. The summed E-state index contributed by atoms with van der Waals surface area (Å²) in [5.41, 5.74) is 1.44. The molecule has 2 aromatic rings. The molecular formula is C19H24N4O2. The number of hydrogen-bond donors (Lipinski definition) is 0. The highest BCUT2D eigenvalue weighted by Crippen LogP contribution is 2.27. The smallest absolute Gasteiger partial charge is 0.410 e. The Balaban J connectivity index is 1.71. The van der Waals surface area contributed by atoms with Crippen LogP contribution in [-0.4, -0.2) is 52.7 Å². The van der Waals surface area contributed by atoms with E-state index in [4.69, 9.17) is 4.74 Å². The predicted molar refractivity (Wildman–Crippen MR) is 97.5 cm³/mol. The SMILES string of the molecule is CC(C)(C)OC(=O)N1CCN(c2nccnc2-c2ccccc2)CC1. The molecule has 1 aliphatic heterocycles. The summed E-state index contributed by atoms with van der Waals surface area (Å²) < 4.78 is 5.45. The largest absolute Gasteiger partial charge is 0.444 e. The zero-order valence-electron chi connectivity index (χ0n) is 15.0. The van der Waals surface area contributed by atoms with Crippen LogP contribution in [0.2, 0.25) is 0 Å². The maximum atomic E-state index is 12.2. The van der Waals surface area contributed by atoms with E-state index in [1.54, 1.807) is 17.3 Å². The molecule has 6 nitrogen and oxygen atoms in total. The number of piperazine rings is 1. The molecule has 0 saturated carbocycles. The lowest BCUT2D eigenvalue weighted by Gasteiger charge is -2.36. The summed E-state index contributed by atoms with van der Waals surface area (Å²) in [5.74, 6) is 0.859. The normalized spacial score (nSPS) is 15.2. The molecule has 3 rings (SSSR count). The molecule has 132 valence electrons. The van der Waals surface area contributed by atoms with Crippen LogP contribution >= 0.6 is 0 Å². The Labute approximate surface area is 148 Å². The molecule has 6 heteroatoms. The minimum Gasteiger partial charge on any atom is -0.444 e. The molecule has 0 bridgehead atoms. The zero-order valence-corrected chi connectivity index (χ0v) is 15.0. The van der Waals surface area contributed by atoms with E-state index < -0.39 is 5.60 Å². The quantitative estimate of drug-likeness (QED) is 0.840. The van der Waals surface area contributed by atoms with Crippen molar-refractivity contribution in [3.05, 3.63) is 42.7 Å². The van der Waals surface area contributed by atoms with Gasteiger partial charge in [0, 0.05) is 44.1 Å². The highest BCUT2D eigenvalue weighted by molar-refractivity contribution is 5.73. The van der Waals surface area contributed by atoms with Gasteiger partial charge in [0.15, 0.2) is 5.82 Å². The second-order valence-electron chi connectivity index (χ2n) is 7.05. The first-order chi connectivity index (χ1) is 11.9. The number of benzene rings is 1. The fourth-order valence-corrected chi connectivity index (χ4v) is 2.79. The van der Waals surface area contributed by atoms with Crippen molar-refractivity contribution in [1.29, 1.82) is 0 Å². The molecule has 0 radical (unpaired) electrons. The van der Waals surface area contributed by atoms with E-state index in [0.717, 1.165) is 17.1 Å². The minimum absolute atomic E-state index is 0.255. The summed E-state index contributed by atoms with van der Waals surface area (Å²) in [7, 11) is 0. The monoisotopic (exact) mass is 340 g/mol. The molecular weight excluding hydrogens is 316 g/mol. The van der Waals surface area contributed by atoms with Gasteiger partial charge in [-0.05, 0) is 20.8 Å². The second kappa shape index (κ2) is 7.09. The number of ether oxygens (including phenoxy) is 1. The molecule has 0 spiro atoms. The maximum Gasteiger partial charge on any atom is 0.410 e. The Bertz CT molecular complexity index is 720. The van der Waals surface area contributed by atoms with Gasteiger partial charge >= 0.3 is 6.09 Å². The van der Waals surface area contributed by atoms with Crippen molar-refractivity contribution in [2.24, 2.45) is 0 Å². The number of amides is 1. The molecule has 1 saturated heterocycles. The number of aromatic nitrogens is 2. The van der Waals surface area contributed by atoms with Gasteiger partial charge in [0.1, 0.15) is 11.3 Å². The van der Waals surface area contributed by atoms with E-state index in [1.165, 1.54) is 0 Å². The topological polar surface area (TPSA) is 58.6 Å². The summed E-state index contributed by atoms with van der Waals surface area (Å²) >= 11 is 0. The van der Waals surface area contributed by atoms with Crippen LogP contribution in [0.3, 0.4) is 0 Å². The van der Waals surface area contributed by atoms with Gasteiger partial charge in [-0.15, -0.1) is 0 Å². The van der Waals surface area contributed by atoms with Crippen molar-refractivity contribution in [2.45, 2.75) is 26.4 Å². The van der Waals surface area contributed by atoms with Crippen LogP contribution in [0.15, 0.2) is 42.7 Å².